The van der Waals surface area contributed by atoms with Gasteiger partial charge in [0, 0.05) is 6.54 Å². The third kappa shape index (κ3) is 4.19. The molecule has 0 heterocycles. The number of carbonyl (C=O) groups excluding carboxylic acids is 1. The van der Waals surface area contributed by atoms with Crippen LogP contribution in [-0.2, 0) is 17.8 Å². The van der Waals surface area contributed by atoms with Crippen LogP contribution in [0.2, 0.25) is 0 Å². The van der Waals surface area contributed by atoms with Crippen LogP contribution >= 0.6 is 0 Å². The van der Waals surface area contributed by atoms with E-state index in [1.165, 1.54) is 0 Å². The molecule has 0 saturated heterocycles. The summed E-state index contributed by atoms with van der Waals surface area (Å²) in [5.41, 5.74) is 3.86. The zero-order chi connectivity index (χ0) is 14.2. The van der Waals surface area contributed by atoms with Gasteiger partial charge < -0.3 is 5.32 Å². The summed E-state index contributed by atoms with van der Waals surface area (Å²) >= 11 is 0. The smallest absolute Gasteiger partial charge is 0.260 e. The Kier molecular flexibility index (Phi) is 5.29. The highest BCUT2D eigenvalue weighted by Crippen LogP contribution is 2.05. The largest absolute Gasteiger partial charge is 0.301 e. The van der Waals surface area contributed by atoms with Crippen molar-refractivity contribution in [1.29, 1.82) is 0 Å². The minimum Gasteiger partial charge on any atom is -0.301 e. The van der Waals surface area contributed by atoms with Gasteiger partial charge >= 0.3 is 0 Å². The Morgan fingerprint density at radius 3 is 2.05 bits per heavy atom. The third-order valence-corrected chi connectivity index (χ3v) is 3.10. The van der Waals surface area contributed by atoms with E-state index in [9.17, 15) is 4.79 Å². The quantitative estimate of drug-likeness (QED) is 0.555. The van der Waals surface area contributed by atoms with Gasteiger partial charge in [0.25, 0.3) is 5.91 Å². The van der Waals surface area contributed by atoms with Crippen LogP contribution in [0.4, 0.5) is 0 Å². The van der Waals surface area contributed by atoms with Crippen molar-refractivity contribution in [2.75, 3.05) is 0 Å². The molecule has 0 aliphatic heterocycles. The van der Waals surface area contributed by atoms with Crippen molar-refractivity contribution in [1.82, 2.24) is 10.8 Å². The molecule has 0 aliphatic carbocycles. The molecule has 2 rings (SSSR count). The van der Waals surface area contributed by atoms with Crippen molar-refractivity contribution in [2.45, 2.75) is 19.0 Å². The van der Waals surface area contributed by atoms with E-state index in [1.807, 2.05) is 60.7 Å². The van der Waals surface area contributed by atoms with Gasteiger partial charge in [-0.15, -0.1) is 0 Å². The van der Waals surface area contributed by atoms with Crippen molar-refractivity contribution in [3.8, 4) is 0 Å². The van der Waals surface area contributed by atoms with E-state index in [-0.39, 0.29) is 0 Å². The van der Waals surface area contributed by atoms with Crippen LogP contribution in [0.15, 0.2) is 60.7 Å². The summed E-state index contributed by atoms with van der Waals surface area (Å²) < 4.78 is 0. The highest BCUT2D eigenvalue weighted by molar-refractivity contribution is 5.80. The van der Waals surface area contributed by atoms with Gasteiger partial charge in [0.2, 0.25) is 0 Å². The van der Waals surface area contributed by atoms with Gasteiger partial charge in [-0.05, 0) is 17.5 Å². The van der Waals surface area contributed by atoms with Crippen molar-refractivity contribution >= 4 is 5.91 Å². The van der Waals surface area contributed by atoms with Crippen molar-refractivity contribution in [2.24, 2.45) is 0 Å². The Balaban J connectivity index is 1.99. The van der Waals surface area contributed by atoms with E-state index in [0.717, 1.165) is 11.1 Å². The Bertz CT molecular complexity index is 529. The van der Waals surface area contributed by atoms with Crippen LogP contribution in [0.1, 0.15) is 11.1 Å². The number of carbonyl (C=O) groups is 1. The first-order valence-electron chi connectivity index (χ1n) is 6.55. The topological polar surface area (TPSA) is 61.4 Å². The molecule has 104 valence electrons. The van der Waals surface area contributed by atoms with E-state index < -0.39 is 11.9 Å². The predicted octanol–water partition coefficient (Wildman–Crippen LogP) is 1.89. The number of rotatable bonds is 6. The Labute approximate surface area is 118 Å². The maximum atomic E-state index is 11.7. The van der Waals surface area contributed by atoms with E-state index in [1.54, 1.807) is 5.48 Å². The summed E-state index contributed by atoms with van der Waals surface area (Å²) in [7, 11) is 0. The lowest BCUT2D eigenvalue weighted by Crippen LogP contribution is -2.44. The zero-order valence-electron chi connectivity index (χ0n) is 11.1. The molecule has 1 amide bonds. The van der Waals surface area contributed by atoms with Crippen LogP contribution < -0.4 is 10.8 Å². The van der Waals surface area contributed by atoms with Gasteiger partial charge in [0.15, 0.2) is 0 Å². The van der Waals surface area contributed by atoms with E-state index in [4.69, 9.17) is 5.21 Å². The molecule has 0 aliphatic rings. The molecule has 0 bridgehead atoms. The standard InChI is InChI=1S/C16H18N2O2/c19-16(18-20)15(11-13-7-3-1-4-8-13)17-12-14-9-5-2-6-10-14/h1-10,15,17,20H,11-12H2,(H,18,19)/t15-/m0/s1. The Hall–Kier alpha value is -2.17. The van der Waals surface area contributed by atoms with Gasteiger partial charge in [-0.1, -0.05) is 60.7 Å². The number of hydrogen-bond donors (Lipinski definition) is 3. The van der Waals surface area contributed by atoms with Crippen molar-refractivity contribution < 1.29 is 10.0 Å². The number of hydroxylamine groups is 1. The molecule has 0 spiro atoms. The monoisotopic (exact) mass is 270 g/mol. The minimum absolute atomic E-state index is 0.426. The molecular weight excluding hydrogens is 252 g/mol. The average Bonchev–Trinajstić information content (AvgIpc) is 2.52. The van der Waals surface area contributed by atoms with E-state index in [0.29, 0.717) is 13.0 Å². The predicted molar refractivity (Wildman–Crippen MR) is 77.1 cm³/mol. The van der Waals surface area contributed by atoms with Crippen LogP contribution in [0.25, 0.3) is 0 Å². The summed E-state index contributed by atoms with van der Waals surface area (Å²) in [6.07, 6.45) is 0.528. The number of benzene rings is 2. The van der Waals surface area contributed by atoms with Gasteiger partial charge in [0.1, 0.15) is 0 Å². The summed E-state index contributed by atoms with van der Waals surface area (Å²) in [6, 6.07) is 19.1. The Morgan fingerprint density at radius 2 is 1.50 bits per heavy atom. The lowest BCUT2D eigenvalue weighted by atomic mass is 10.1. The summed E-state index contributed by atoms with van der Waals surface area (Å²) in [4.78, 5) is 11.7. The highest BCUT2D eigenvalue weighted by Gasteiger charge is 2.17. The van der Waals surface area contributed by atoms with Crippen LogP contribution in [0, 0.1) is 0 Å². The molecule has 4 heteroatoms. The minimum atomic E-state index is -0.470. The number of nitrogens with one attached hydrogen (secondary N) is 2. The van der Waals surface area contributed by atoms with Gasteiger partial charge in [-0.3, -0.25) is 10.0 Å². The lowest BCUT2D eigenvalue weighted by Gasteiger charge is -2.17. The molecule has 4 nitrogen and oxygen atoms in total. The molecular formula is C16H18N2O2. The average molecular weight is 270 g/mol. The summed E-state index contributed by atoms with van der Waals surface area (Å²) in [5, 5.41) is 12.0. The number of hydrogen-bond acceptors (Lipinski definition) is 3. The molecule has 0 aromatic heterocycles. The Morgan fingerprint density at radius 1 is 0.950 bits per heavy atom. The van der Waals surface area contributed by atoms with Crippen LogP contribution in [0.5, 0.6) is 0 Å². The molecule has 0 unspecified atom stereocenters. The normalized spacial score (nSPS) is 11.8. The maximum absolute atomic E-state index is 11.7. The molecule has 2 aromatic rings. The molecule has 1 atom stereocenters. The fourth-order valence-electron chi connectivity index (χ4n) is 2.02. The van der Waals surface area contributed by atoms with E-state index >= 15 is 0 Å². The zero-order valence-corrected chi connectivity index (χ0v) is 11.1. The third-order valence-electron chi connectivity index (χ3n) is 3.10. The van der Waals surface area contributed by atoms with Crippen molar-refractivity contribution in [3.05, 3.63) is 71.8 Å². The fourth-order valence-corrected chi connectivity index (χ4v) is 2.02. The summed E-state index contributed by atoms with van der Waals surface area (Å²) in [6.45, 7) is 0.575. The van der Waals surface area contributed by atoms with Crippen molar-refractivity contribution in [3.63, 3.8) is 0 Å². The molecule has 20 heavy (non-hydrogen) atoms. The second-order valence-corrected chi connectivity index (χ2v) is 4.58. The first kappa shape index (κ1) is 14.2. The molecule has 0 fully saturated rings. The first-order valence-corrected chi connectivity index (χ1v) is 6.55. The fraction of sp³-hybridized carbons (Fsp3) is 0.188. The van der Waals surface area contributed by atoms with Gasteiger partial charge in [-0.2, -0.15) is 0 Å². The lowest BCUT2D eigenvalue weighted by molar-refractivity contribution is -0.131. The van der Waals surface area contributed by atoms with Crippen LogP contribution in [-0.4, -0.2) is 17.2 Å². The second-order valence-electron chi connectivity index (χ2n) is 4.58. The van der Waals surface area contributed by atoms with E-state index in [2.05, 4.69) is 5.32 Å². The SMILES string of the molecule is O=C(NO)[C@H](Cc1ccccc1)NCc1ccccc1. The maximum Gasteiger partial charge on any atom is 0.260 e. The van der Waals surface area contributed by atoms with Crippen LogP contribution in [0.3, 0.4) is 0 Å². The van der Waals surface area contributed by atoms with Gasteiger partial charge in [0.05, 0.1) is 6.04 Å². The molecule has 0 saturated carbocycles. The molecule has 0 radical (unpaired) electrons. The first-order chi connectivity index (χ1) is 9.79. The van der Waals surface area contributed by atoms with Gasteiger partial charge in [-0.25, -0.2) is 5.48 Å². The molecule has 3 N–H and O–H groups in total. The second kappa shape index (κ2) is 7.43. The molecule has 2 aromatic carbocycles. The number of amides is 1. The highest BCUT2D eigenvalue weighted by atomic mass is 16.5. The summed E-state index contributed by atoms with van der Waals surface area (Å²) in [5.74, 6) is -0.426.